The van der Waals surface area contributed by atoms with Gasteiger partial charge < -0.3 is 25.4 Å². The molecule has 0 atom stereocenters. The minimum absolute atomic E-state index is 0.463. The topological polar surface area (TPSA) is 72.1 Å². The number of piperidine rings is 1. The molecule has 0 bridgehead atoms. The number of likely N-dealkylation sites (tertiary alicyclic amines) is 1. The van der Waals surface area contributed by atoms with Crippen molar-refractivity contribution in [1.82, 2.24) is 4.90 Å². The number of benzene rings is 1. The molecule has 138 valence electrons. The minimum atomic E-state index is 0.463. The van der Waals surface area contributed by atoms with Crippen molar-refractivity contribution in [3.8, 4) is 11.5 Å². The first-order chi connectivity index (χ1) is 12.2. The summed E-state index contributed by atoms with van der Waals surface area (Å²) in [6, 6.07) is 5.78. The van der Waals surface area contributed by atoms with Crippen LogP contribution >= 0.6 is 0 Å². The maximum Gasteiger partial charge on any atom is 0.193 e. The molecule has 25 heavy (non-hydrogen) atoms. The number of anilines is 1. The van der Waals surface area contributed by atoms with Gasteiger partial charge in [-0.15, -0.1) is 0 Å². The van der Waals surface area contributed by atoms with Gasteiger partial charge in [0, 0.05) is 24.7 Å². The summed E-state index contributed by atoms with van der Waals surface area (Å²) in [7, 11) is 0. The summed E-state index contributed by atoms with van der Waals surface area (Å²) >= 11 is 0. The Hall–Kier alpha value is -1.95. The van der Waals surface area contributed by atoms with E-state index in [1.54, 1.807) is 0 Å². The Labute approximate surface area is 150 Å². The third-order valence-corrected chi connectivity index (χ3v) is 4.79. The standard InChI is InChI=1S/C19H30N4O2/c1-2-8-23-9-6-15(7-10-23)14-21-19(20)22-16-4-5-17-18(13-16)25-12-3-11-24-17/h4-5,13,15H,2-3,6-12,14H2,1H3,(H3,20,21,22). The summed E-state index contributed by atoms with van der Waals surface area (Å²) in [4.78, 5) is 7.08. The Morgan fingerprint density at radius 2 is 2.00 bits per heavy atom. The molecule has 0 spiro atoms. The monoisotopic (exact) mass is 346 g/mol. The number of hydrogen-bond acceptors (Lipinski definition) is 4. The van der Waals surface area contributed by atoms with Crippen LogP contribution in [0, 0.1) is 5.92 Å². The largest absolute Gasteiger partial charge is 0.490 e. The molecule has 1 saturated heterocycles. The van der Waals surface area contributed by atoms with Gasteiger partial charge in [0.05, 0.1) is 13.2 Å². The second-order valence-electron chi connectivity index (χ2n) is 6.85. The van der Waals surface area contributed by atoms with E-state index < -0.39 is 0 Å². The lowest BCUT2D eigenvalue weighted by molar-refractivity contribution is 0.188. The van der Waals surface area contributed by atoms with E-state index >= 15 is 0 Å². The van der Waals surface area contributed by atoms with Crippen molar-refractivity contribution >= 4 is 11.6 Å². The zero-order valence-electron chi connectivity index (χ0n) is 15.2. The molecule has 1 aromatic carbocycles. The van der Waals surface area contributed by atoms with E-state index in [4.69, 9.17) is 15.2 Å². The van der Waals surface area contributed by atoms with Gasteiger partial charge in [0.15, 0.2) is 17.5 Å². The van der Waals surface area contributed by atoms with E-state index in [0.29, 0.717) is 25.1 Å². The van der Waals surface area contributed by atoms with Gasteiger partial charge in [-0.25, -0.2) is 0 Å². The van der Waals surface area contributed by atoms with Crippen LogP contribution in [0.4, 0.5) is 5.69 Å². The van der Waals surface area contributed by atoms with E-state index in [9.17, 15) is 0 Å². The van der Waals surface area contributed by atoms with E-state index in [1.165, 1.54) is 38.9 Å². The molecular weight excluding hydrogens is 316 g/mol. The number of nitrogens with two attached hydrogens (primary N) is 1. The molecule has 3 rings (SSSR count). The van der Waals surface area contributed by atoms with E-state index in [0.717, 1.165) is 30.2 Å². The summed E-state index contributed by atoms with van der Waals surface area (Å²) in [5, 5.41) is 3.16. The molecule has 6 heteroatoms. The van der Waals surface area contributed by atoms with Gasteiger partial charge in [-0.2, -0.15) is 0 Å². The molecule has 0 aliphatic carbocycles. The molecule has 1 aromatic rings. The Morgan fingerprint density at radius 1 is 1.24 bits per heavy atom. The summed E-state index contributed by atoms with van der Waals surface area (Å²) < 4.78 is 11.3. The van der Waals surface area contributed by atoms with Crippen LogP contribution in [0.25, 0.3) is 0 Å². The average Bonchev–Trinajstić information content (AvgIpc) is 2.86. The quantitative estimate of drug-likeness (QED) is 0.633. The maximum atomic E-state index is 6.06. The summed E-state index contributed by atoms with van der Waals surface area (Å²) in [5.41, 5.74) is 6.94. The zero-order valence-corrected chi connectivity index (χ0v) is 15.2. The van der Waals surface area contributed by atoms with Gasteiger partial charge in [-0.1, -0.05) is 6.92 Å². The van der Waals surface area contributed by atoms with Gasteiger partial charge in [0.25, 0.3) is 0 Å². The lowest BCUT2D eigenvalue weighted by atomic mass is 9.97. The number of fused-ring (bicyclic) bond motifs is 1. The predicted molar refractivity (Wildman–Crippen MR) is 102 cm³/mol. The highest BCUT2D eigenvalue weighted by Crippen LogP contribution is 2.32. The van der Waals surface area contributed by atoms with Crippen LogP contribution in [0.15, 0.2) is 23.2 Å². The number of rotatable bonds is 5. The van der Waals surface area contributed by atoms with Gasteiger partial charge in [0.2, 0.25) is 0 Å². The number of aliphatic imine (C=N–C) groups is 1. The molecule has 0 saturated carbocycles. The second kappa shape index (κ2) is 8.94. The first-order valence-corrected chi connectivity index (χ1v) is 9.43. The molecule has 2 aliphatic rings. The third kappa shape index (κ3) is 5.26. The Morgan fingerprint density at radius 3 is 2.76 bits per heavy atom. The van der Waals surface area contributed by atoms with Crippen LogP contribution in [-0.2, 0) is 0 Å². The number of guanidine groups is 1. The molecular formula is C19H30N4O2. The zero-order chi connectivity index (χ0) is 17.5. The van der Waals surface area contributed by atoms with Gasteiger partial charge >= 0.3 is 0 Å². The normalized spacial score (nSPS) is 19.5. The Bertz CT molecular complexity index is 583. The number of ether oxygens (including phenoxy) is 2. The summed E-state index contributed by atoms with van der Waals surface area (Å²) in [6.07, 6.45) is 4.55. The lowest BCUT2D eigenvalue weighted by Crippen LogP contribution is -2.35. The minimum Gasteiger partial charge on any atom is -0.490 e. The number of nitrogens with zero attached hydrogens (tertiary/aromatic N) is 2. The van der Waals surface area contributed by atoms with Crippen molar-refractivity contribution in [2.75, 3.05) is 44.7 Å². The van der Waals surface area contributed by atoms with E-state index in [-0.39, 0.29) is 0 Å². The van der Waals surface area contributed by atoms with Crippen molar-refractivity contribution < 1.29 is 9.47 Å². The van der Waals surface area contributed by atoms with Crippen molar-refractivity contribution in [3.05, 3.63) is 18.2 Å². The van der Waals surface area contributed by atoms with Crippen molar-refractivity contribution in [2.45, 2.75) is 32.6 Å². The highest BCUT2D eigenvalue weighted by Gasteiger charge is 2.18. The molecule has 0 radical (unpaired) electrons. The summed E-state index contributed by atoms with van der Waals surface area (Å²) in [6.45, 7) is 7.99. The molecule has 2 aliphatic heterocycles. The molecule has 6 nitrogen and oxygen atoms in total. The summed E-state index contributed by atoms with van der Waals surface area (Å²) in [5.74, 6) is 2.65. The molecule has 3 N–H and O–H groups in total. The smallest absolute Gasteiger partial charge is 0.193 e. The van der Waals surface area contributed by atoms with E-state index in [1.807, 2.05) is 18.2 Å². The van der Waals surface area contributed by atoms with Crippen LogP contribution in [0.5, 0.6) is 11.5 Å². The Kier molecular flexibility index (Phi) is 6.39. The second-order valence-corrected chi connectivity index (χ2v) is 6.85. The van der Waals surface area contributed by atoms with Crippen molar-refractivity contribution in [1.29, 1.82) is 0 Å². The molecule has 0 unspecified atom stereocenters. The highest BCUT2D eigenvalue weighted by atomic mass is 16.5. The highest BCUT2D eigenvalue weighted by molar-refractivity contribution is 5.92. The first kappa shape index (κ1) is 17.9. The van der Waals surface area contributed by atoms with E-state index in [2.05, 4.69) is 22.1 Å². The molecule has 0 aromatic heterocycles. The number of hydrogen-bond donors (Lipinski definition) is 2. The van der Waals surface area contributed by atoms with Crippen molar-refractivity contribution in [2.24, 2.45) is 16.6 Å². The number of nitrogens with one attached hydrogen (secondary N) is 1. The molecule has 0 amide bonds. The van der Waals surface area contributed by atoms with Crippen LogP contribution in [0.3, 0.4) is 0 Å². The average molecular weight is 346 g/mol. The predicted octanol–water partition coefficient (Wildman–Crippen LogP) is 2.70. The fourth-order valence-electron chi connectivity index (χ4n) is 3.36. The van der Waals surface area contributed by atoms with Crippen molar-refractivity contribution in [3.63, 3.8) is 0 Å². The fraction of sp³-hybridized carbons (Fsp3) is 0.632. The Balaban J connectivity index is 1.49. The van der Waals surface area contributed by atoms with Gasteiger partial charge in [-0.05, 0) is 56.9 Å². The van der Waals surface area contributed by atoms with Crippen LogP contribution in [0.2, 0.25) is 0 Å². The fourth-order valence-corrected chi connectivity index (χ4v) is 3.36. The maximum absolute atomic E-state index is 6.06. The van der Waals surface area contributed by atoms with Crippen LogP contribution in [0.1, 0.15) is 32.6 Å². The SMILES string of the molecule is CCCN1CCC(CN=C(N)Nc2ccc3c(c2)OCCCO3)CC1. The molecule has 2 heterocycles. The van der Waals surface area contributed by atoms with Crippen LogP contribution < -0.4 is 20.5 Å². The van der Waals surface area contributed by atoms with Gasteiger partial charge in [-0.3, -0.25) is 4.99 Å². The third-order valence-electron chi connectivity index (χ3n) is 4.79. The van der Waals surface area contributed by atoms with Crippen LogP contribution in [-0.4, -0.2) is 50.3 Å². The first-order valence-electron chi connectivity index (χ1n) is 9.43. The molecule has 1 fully saturated rings. The lowest BCUT2D eigenvalue weighted by Gasteiger charge is -2.30. The van der Waals surface area contributed by atoms with Gasteiger partial charge in [0.1, 0.15) is 0 Å².